The number of ether oxygens (including phenoxy) is 1. The minimum Gasteiger partial charge on any atom is -0.494 e. The first-order valence-electron chi connectivity index (χ1n) is 6.08. The molecule has 1 aromatic carbocycles. The zero-order valence-electron chi connectivity index (χ0n) is 10.7. The number of carbonyl (C=O) groups is 1. The number of benzene rings is 1. The molecule has 0 aliphatic rings. The minimum atomic E-state index is -0.929. The van der Waals surface area contributed by atoms with Gasteiger partial charge in [0, 0.05) is 13.2 Å². The predicted octanol–water partition coefficient (Wildman–Crippen LogP) is 2.13. The Morgan fingerprint density at radius 1 is 1.37 bits per heavy atom. The van der Waals surface area contributed by atoms with Crippen molar-refractivity contribution in [2.75, 3.05) is 6.61 Å². The van der Waals surface area contributed by atoms with E-state index in [0.29, 0.717) is 12.4 Å². The van der Waals surface area contributed by atoms with E-state index in [-0.39, 0.29) is 5.56 Å². The van der Waals surface area contributed by atoms with Crippen molar-refractivity contribution in [2.45, 2.75) is 12.8 Å². The summed E-state index contributed by atoms with van der Waals surface area (Å²) in [6, 6.07) is 6.42. The molecule has 1 N–H and O–H groups in total. The van der Waals surface area contributed by atoms with Crippen LogP contribution in [-0.2, 0) is 13.5 Å². The van der Waals surface area contributed by atoms with Crippen molar-refractivity contribution in [1.82, 2.24) is 9.55 Å². The number of aromatic nitrogens is 2. The Morgan fingerprint density at radius 3 is 2.68 bits per heavy atom. The normalized spacial score (nSPS) is 10.4. The van der Waals surface area contributed by atoms with Gasteiger partial charge >= 0.3 is 5.97 Å². The lowest BCUT2D eigenvalue weighted by Crippen LogP contribution is -2.00. The summed E-state index contributed by atoms with van der Waals surface area (Å²) >= 11 is 0. The van der Waals surface area contributed by atoms with Gasteiger partial charge in [0.05, 0.1) is 24.2 Å². The van der Waals surface area contributed by atoms with E-state index in [4.69, 9.17) is 9.84 Å². The second kappa shape index (κ2) is 6.04. The molecule has 100 valence electrons. The van der Waals surface area contributed by atoms with Crippen molar-refractivity contribution in [3.05, 3.63) is 48.0 Å². The summed E-state index contributed by atoms with van der Waals surface area (Å²) < 4.78 is 7.46. The Hall–Kier alpha value is -2.30. The van der Waals surface area contributed by atoms with E-state index in [1.807, 2.05) is 17.8 Å². The van der Waals surface area contributed by atoms with E-state index < -0.39 is 5.97 Å². The van der Waals surface area contributed by atoms with Crippen LogP contribution in [-0.4, -0.2) is 27.2 Å². The summed E-state index contributed by atoms with van der Waals surface area (Å²) in [6.45, 7) is 0.586. The summed E-state index contributed by atoms with van der Waals surface area (Å²) in [5.74, 6) is -0.243. The molecular weight excluding hydrogens is 244 g/mol. The smallest absolute Gasteiger partial charge is 0.335 e. The largest absolute Gasteiger partial charge is 0.494 e. The highest BCUT2D eigenvalue weighted by Gasteiger charge is 2.02. The van der Waals surface area contributed by atoms with Gasteiger partial charge in [-0.25, -0.2) is 9.78 Å². The van der Waals surface area contributed by atoms with Gasteiger partial charge in [0.1, 0.15) is 5.75 Å². The number of aryl methyl sites for hydroxylation is 2. The quantitative estimate of drug-likeness (QED) is 0.808. The first-order valence-corrected chi connectivity index (χ1v) is 6.08. The molecule has 1 heterocycles. The molecule has 19 heavy (non-hydrogen) atoms. The van der Waals surface area contributed by atoms with Crippen molar-refractivity contribution in [3.8, 4) is 5.75 Å². The van der Waals surface area contributed by atoms with Crippen LogP contribution >= 0.6 is 0 Å². The van der Waals surface area contributed by atoms with E-state index in [2.05, 4.69) is 4.98 Å². The van der Waals surface area contributed by atoms with Crippen LogP contribution in [0.5, 0.6) is 5.75 Å². The predicted molar refractivity (Wildman–Crippen MR) is 70.4 cm³/mol. The van der Waals surface area contributed by atoms with Gasteiger partial charge in [-0.05, 0) is 37.1 Å². The SMILES string of the molecule is Cn1cnc(CCCOc2ccc(C(=O)O)cc2)c1. The Labute approximate surface area is 111 Å². The molecule has 1 aromatic heterocycles. The average Bonchev–Trinajstić information content (AvgIpc) is 2.81. The van der Waals surface area contributed by atoms with Gasteiger partial charge in [-0.2, -0.15) is 0 Å². The number of imidazole rings is 1. The molecule has 2 aromatic rings. The molecule has 0 amide bonds. The number of rotatable bonds is 6. The molecule has 0 unspecified atom stereocenters. The molecule has 0 radical (unpaired) electrons. The van der Waals surface area contributed by atoms with E-state index in [1.165, 1.54) is 12.1 Å². The average molecular weight is 260 g/mol. The third-order valence-electron chi connectivity index (χ3n) is 2.71. The third-order valence-corrected chi connectivity index (χ3v) is 2.71. The number of aromatic carboxylic acids is 1. The van der Waals surface area contributed by atoms with Gasteiger partial charge in [-0.15, -0.1) is 0 Å². The first kappa shape index (κ1) is 13.1. The van der Waals surface area contributed by atoms with E-state index in [1.54, 1.807) is 18.5 Å². The maximum Gasteiger partial charge on any atom is 0.335 e. The van der Waals surface area contributed by atoms with Gasteiger partial charge < -0.3 is 14.4 Å². The standard InChI is InChI=1S/C14H16N2O3/c1-16-9-12(15-10-16)3-2-8-19-13-6-4-11(5-7-13)14(17)18/h4-7,9-10H,2-3,8H2,1H3,(H,17,18). The summed E-state index contributed by atoms with van der Waals surface area (Å²) in [6.07, 6.45) is 5.51. The van der Waals surface area contributed by atoms with Crippen molar-refractivity contribution in [3.63, 3.8) is 0 Å². The van der Waals surface area contributed by atoms with Gasteiger partial charge in [0.2, 0.25) is 0 Å². The highest BCUT2D eigenvalue weighted by molar-refractivity contribution is 5.87. The monoisotopic (exact) mass is 260 g/mol. The summed E-state index contributed by atoms with van der Waals surface area (Å²) in [5, 5.41) is 8.77. The van der Waals surface area contributed by atoms with Crippen LogP contribution < -0.4 is 4.74 Å². The van der Waals surface area contributed by atoms with Crippen molar-refractivity contribution >= 4 is 5.97 Å². The van der Waals surface area contributed by atoms with Crippen LogP contribution in [0, 0.1) is 0 Å². The molecular formula is C14H16N2O3. The Kier molecular flexibility index (Phi) is 4.18. The van der Waals surface area contributed by atoms with Gasteiger partial charge in [0.25, 0.3) is 0 Å². The van der Waals surface area contributed by atoms with Crippen LogP contribution in [0.4, 0.5) is 0 Å². The third kappa shape index (κ3) is 3.84. The Balaban J connectivity index is 1.75. The molecule has 0 spiro atoms. The molecule has 0 fully saturated rings. The van der Waals surface area contributed by atoms with Gasteiger partial charge in [-0.1, -0.05) is 0 Å². The van der Waals surface area contributed by atoms with Gasteiger partial charge in [0.15, 0.2) is 0 Å². The van der Waals surface area contributed by atoms with Crippen LogP contribution in [0.3, 0.4) is 0 Å². The molecule has 5 heteroatoms. The highest BCUT2D eigenvalue weighted by atomic mass is 16.5. The minimum absolute atomic E-state index is 0.265. The van der Waals surface area contributed by atoms with Crippen LogP contribution in [0.25, 0.3) is 0 Å². The molecule has 0 saturated carbocycles. The fraction of sp³-hybridized carbons (Fsp3) is 0.286. The topological polar surface area (TPSA) is 64.4 Å². The number of carboxylic acids is 1. The molecule has 0 bridgehead atoms. The van der Waals surface area contributed by atoms with E-state index >= 15 is 0 Å². The summed E-state index contributed by atoms with van der Waals surface area (Å²) in [5.41, 5.74) is 1.31. The second-order valence-corrected chi connectivity index (χ2v) is 4.31. The number of hydrogen-bond acceptors (Lipinski definition) is 3. The molecule has 0 saturated heterocycles. The first-order chi connectivity index (χ1) is 9.15. The van der Waals surface area contributed by atoms with Gasteiger partial charge in [-0.3, -0.25) is 0 Å². The highest BCUT2D eigenvalue weighted by Crippen LogP contribution is 2.12. The lowest BCUT2D eigenvalue weighted by atomic mass is 10.2. The zero-order valence-corrected chi connectivity index (χ0v) is 10.7. The molecule has 5 nitrogen and oxygen atoms in total. The number of carboxylic acid groups (broad SMARTS) is 1. The van der Waals surface area contributed by atoms with Crippen LogP contribution in [0.1, 0.15) is 22.5 Å². The lowest BCUT2D eigenvalue weighted by molar-refractivity contribution is 0.0697. The van der Waals surface area contributed by atoms with Crippen LogP contribution in [0.2, 0.25) is 0 Å². The number of hydrogen-bond donors (Lipinski definition) is 1. The van der Waals surface area contributed by atoms with Crippen molar-refractivity contribution in [2.24, 2.45) is 7.05 Å². The maximum atomic E-state index is 10.7. The molecule has 0 aliphatic carbocycles. The molecule has 0 aliphatic heterocycles. The Morgan fingerprint density at radius 2 is 2.11 bits per heavy atom. The lowest BCUT2D eigenvalue weighted by Gasteiger charge is -2.05. The van der Waals surface area contributed by atoms with E-state index in [0.717, 1.165) is 18.5 Å². The van der Waals surface area contributed by atoms with Crippen LogP contribution in [0.15, 0.2) is 36.8 Å². The Bertz CT molecular complexity index is 546. The molecule has 0 atom stereocenters. The fourth-order valence-electron chi connectivity index (χ4n) is 1.73. The maximum absolute atomic E-state index is 10.7. The van der Waals surface area contributed by atoms with Crippen molar-refractivity contribution in [1.29, 1.82) is 0 Å². The molecule has 2 rings (SSSR count). The number of nitrogens with zero attached hydrogens (tertiary/aromatic N) is 2. The summed E-state index contributed by atoms with van der Waals surface area (Å²) in [4.78, 5) is 14.9. The fourth-order valence-corrected chi connectivity index (χ4v) is 1.73. The van der Waals surface area contributed by atoms with E-state index in [9.17, 15) is 4.79 Å². The second-order valence-electron chi connectivity index (χ2n) is 4.31. The van der Waals surface area contributed by atoms with Crippen molar-refractivity contribution < 1.29 is 14.6 Å². The summed E-state index contributed by atoms with van der Waals surface area (Å²) in [7, 11) is 1.94. The zero-order chi connectivity index (χ0) is 13.7.